The van der Waals surface area contributed by atoms with Crippen molar-refractivity contribution in [3.63, 3.8) is 0 Å². The summed E-state index contributed by atoms with van der Waals surface area (Å²) in [6.07, 6.45) is 2.47. The summed E-state index contributed by atoms with van der Waals surface area (Å²) in [5.74, 6) is 0. The molecule has 0 saturated heterocycles. The van der Waals surface area contributed by atoms with E-state index in [2.05, 4.69) is 30.6 Å². The van der Waals surface area contributed by atoms with Gasteiger partial charge in [-0.25, -0.2) is 0 Å². The molecule has 12 heavy (non-hydrogen) atoms. The van der Waals surface area contributed by atoms with E-state index in [9.17, 15) is 0 Å². The smallest absolute Gasteiger partial charge is 0.0414 e. The first-order valence-electron chi connectivity index (χ1n) is 4.50. The zero-order valence-electron chi connectivity index (χ0n) is 8.05. The van der Waals surface area contributed by atoms with Crippen LogP contribution in [0.15, 0.2) is 11.4 Å². The molecule has 0 bridgehead atoms. The predicted molar refractivity (Wildman–Crippen MR) is 55.8 cm³/mol. The monoisotopic (exact) mass is 183 g/mol. The van der Waals surface area contributed by atoms with Gasteiger partial charge in [0.15, 0.2) is 0 Å². The summed E-state index contributed by atoms with van der Waals surface area (Å²) >= 11 is 1.86. The molecule has 0 aliphatic carbocycles. The maximum absolute atomic E-state index is 3.36. The molecular formula is C10H17NS. The van der Waals surface area contributed by atoms with Gasteiger partial charge in [0.25, 0.3) is 0 Å². The van der Waals surface area contributed by atoms with E-state index in [-0.39, 0.29) is 0 Å². The van der Waals surface area contributed by atoms with Gasteiger partial charge in [0.05, 0.1) is 0 Å². The summed E-state index contributed by atoms with van der Waals surface area (Å²) in [5, 5.41) is 5.53. The van der Waals surface area contributed by atoms with E-state index in [0.29, 0.717) is 6.04 Å². The zero-order valence-corrected chi connectivity index (χ0v) is 8.87. The molecule has 1 rings (SSSR count). The number of rotatable bonds is 4. The standard InChI is InChI=1S/C10H17NS/c1-4-5-9(11-3)10-8(2)6-7-12-10/h6-7,9,11H,4-5H2,1-3H3. The summed E-state index contributed by atoms with van der Waals surface area (Å²) in [6, 6.07) is 2.76. The Labute approximate surface area is 78.8 Å². The maximum Gasteiger partial charge on any atom is 0.0414 e. The Balaban J connectivity index is 2.72. The first-order chi connectivity index (χ1) is 5.79. The Morgan fingerprint density at radius 3 is 2.75 bits per heavy atom. The van der Waals surface area contributed by atoms with Crippen LogP contribution in [0.5, 0.6) is 0 Å². The quantitative estimate of drug-likeness (QED) is 0.756. The van der Waals surface area contributed by atoms with Gasteiger partial charge in [0, 0.05) is 10.9 Å². The minimum atomic E-state index is 0.565. The fourth-order valence-corrected chi connectivity index (χ4v) is 2.51. The van der Waals surface area contributed by atoms with Crippen molar-refractivity contribution >= 4 is 11.3 Å². The van der Waals surface area contributed by atoms with Crippen molar-refractivity contribution in [2.45, 2.75) is 32.7 Å². The lowest BCUT2D eigenvalue weighted by Crippen LogP contribution is -2.15. The van der Waals surface area contributed by atoms with Gasteiger partial charge in [0.1, 0.15) is 0 Å². The molecule has 1 aromatic heterocycles. The van der Waals surface area contributed by atoms with Crippen molar-refractivity contribution in [2.24, 2.45) is 0 Å². The van der Waals surface area contributed by atoms with Gasteiger partial charge in [-0.15, -0.1) is 11.3 Å². The third kappa shape index (κ3) is 2.08. The first-order valence-corrected chi connectivity index (χ1v) is 5.38. The van der Waals surface area contributed by atoms with Crippen molar-refractivity contribution in [1.82, 2.24) is 5.32 Å². The number of hydrogen-bond donors (Lipinski definition) is 1. The number of hydrogen-bond acceptors (Lipinski definition) is 2. The summed E-state index contributed by atoms with van der Waals surface area (Å²) in [6.45, 7) is 4.42. The molecular weight excluding hydrogens is 166 g/mol. The van der Waals surface area contributed by atoms with Crippen LogP contribution >= 0.6 is 11.3 Å². The molecule has 0 fully saturated rings. The van der Waals surface area contributed by atoms with Crippen LogP contribution in [0, 0.1) is 6.92 Å². The molecule has 1 nitrogen and oxygen atoms in total. The minimum Gasteiger partial charge on any atom is -0.312 e. The van der Waals surface area contributed by atoms with E-state index in [1.165, 1.54) is 23.3 Å². The molecule has 2 heteroatoms. The number of aryl methyl sites for hydroxylation is 1. The molecule has 1 heterocycles. The first kappa shape index (κ1) is 9.75. The summed E-state index contributed by atoms with van der Waals surface area (Å²) in [7, 11) is 2.04. The lowest BCUT2D eigenvalue weighted by atomic mass is 10.1. The van der Waals surface area contributed by atoms with E-state index in [4.69, 9.17) is 0 Å². The van der Waals surface area contributed by atoms with Crippen LogP contribution in [0.3, 0.4) is 0 Å². The van der Waals surface area contributed by atoms with E-state index in [1.54, 1.807) is 0 Å². The summed E-state index contributed by atoms with van der Waals surface area (Å²) < 4.78 is 0. The van der Waals surface area contributed by atoms with Gasteiger partial charge in [-0.05, 0) is 37.4 Å². The minimum absolute atomic E-state index is 0.565. The summed E-state index contributed by atoms with van der Waals surface area (Å²) in [5.41, 5.74) is 1.42. The average Bonchev–Trinajstić information content (AvgIpc) is 2.47. The second kappa shape index (κ2) is 4.63. The summed E-state index contributed by atoms with van der Waals surface area (Å²) in [4.78, 5) is 1.50. The zero-order chi connectivity index (χ0) is 8.97. The van der Waals surface area contributed by atoms with Crippen molar-refractivity contribution in [3.8, 4) is 0 Å². The molecule has 1 unspecified atom stereocenters. The molecule has 0 radical (unpaired) electrons. The molecule has 0 aromatic carbocycles. The lowest BCUT2D eigenvalue weighted by Gasteiger charge is -2.14. The second-order valence-electron chi connectivity index (χ2n) is 3.10. The van der Waals surface area contributed by atoms with Crippen molar-refractivity contribution in [3.05, 3.63) is 21.9 Å². The molecule has 0 aliphatic heterocycles. The lowest BCUT2D eigenvalue weighted by molar-refractivity contribution is 0.548. The van der Waals surface area contributed by atoms with Crippen LogP contribution in [0.2, 0.25) is 0 Å². The highest BCUT2D eigenvalue weighted by molar-refractivity contribution is 7.10. The van der Waals surface area contributed by atoms with E-state index in [0.717, 1.165) is 0 Å². The van der Waals surface area contributed by atoms with Crippen molar-refractivity contribution in [1.29, 1.82) is 0 Å². The SMILES string of the molecule is CCCC(NC)c1sccc1C. The van der Waals surface area contributed by atoms with Crippen LogP contribution in [0.25, 0.3) is 0 Å². The fourth-order valence-electron chi connectivity index (χ4n) is 1.44. The van der Waals surface area contributed by atoms with Gasteiger partial charge < -0.3 is 5.32 Å². The fraction of sp³-hybridized carbons (Fsp3) is 0.600. The average molecular weight is 183 g/mol. The Kier molecular flexibility index (Phi) is 3.76. The topological polar surface area (TPSA) is 12.0 Å². The Morgan fingerprint density at radius 2 is 2.33 bits per heavy atom. The second-order valence-corrected chi connectivity index (χ2v) is 4.05. The highest BCUT2D eigenvalue weighted by atomic mass is 32.1. The molecule has 1 atom stereocenters. The Hall–Kier alpha value is -0.340. The molecule has 0 saturated carbocycles. The van der Waals surface area contributed by atoms with Gasteiger partial charge in [-0.3, -0.25) is 0 Å². The highest BCUT2D eigenvalue weighted by Crippen LogP contribution is 2.26. The van der Waals surface area contributed by atoms with Crippen LogP contribution < -0.4 is 5.32 Å². The molecule has 0 spiro atoms. The largest absolute Gasteiger partial charge is 0.312 e. The van der Waals surface area contributed by atoms with Gasteiger partial charge >= 0.3 is 0 Å². The maximum atomic E-state index is 3.36. The number of nitrogens with one attached hydrogen (secondary N) is 1. The van der Waals surface area contributed by atoms with Crippen molar-refractivity contribution in [2.75, 3.05) is 7.05 Å². The van der Waals surface area contributed by atoms with E-state index < -0.39 is 0 Å². The van der Waals surface area contributed by atoms with E-state index in [1.807, 2.05) is 18.4 Å². The van der Waals surface area contributed by atoms with Crippen LogP contribution in [0.1, 0.15) is 36.2 Å². The Bertz CT molecular complexity index is 229. The highest BCUT2D eigenvalue weighted by Gasteiger charge is 2.10. The van der Waals surface area contributed by atoms with E-state index >= 15 is 0 Å². The number of thiophene rings is 1. The molecule has 1 N–H and O–H groups in total. The molecule has 0 aliphatic rings. The van der Waals surface area contributed by atoms with Crippen LogP contribution in [0.4, 0.5) is 0 Å². The molecule has 1 aromatic rings. The van der Waals surface area contributed by atoms with Crippen LogP contribution in [-0.2, 0) is 0 Å². The third-order valence-corrected chi connectivity index (χ3v) is 3.28. The van der Waals surface area contributed by atoms with Gasteiger partial charge in [-0.2, -0.15) is 0 Å². The Morgan fingerprint density at radius 1 is 1.58 bits per heavy atom. The molecule has 68 valence electrons. The van der Waals surface area contributed by atoms with Crippen molar-refractivity contribution < 1.29 is 0 Å². The predicted octanol–water partition coefficient (Wildman–Crippen LogP) is 3.12. The molecule has 0 amide bonds. The van der Waals surface area contributed by atoms with Gasteiger partial charge in [-0.1, -0.05) is 13.3 Å². The van der Waals surface area contributed by atoms with Gasteiger partial charge in [0.2, 0.25) is 0 Å². The normalized spacial score (nSPS) is 13.2. The van der Waals surface area contributed by atoms with Crippen LogP contribution in [-0.4, -0.2) is 7.05 Å². The third-order valence-electron chi connectivity index (χ3n) is 2.14.